The molecule has 1 aromatic heterocycles. The SMILES string of the molecule is NC(=NCCCc1cnc[nH]1)NCCC(c1ccc(F)cc1)c1cccc(F)c1. The van der Waals surface area contributed by atoms with E-state index in [0.717, 1.165) is 29.7 Å². The fraction of sp³-hybridized carbons (Fsp3) is 0.273. The van der Waals surface area contributed by atoms with Gasteiger partial charge in [-0.1, -0.05) is 24.3 Å². The van der Waals surface area contributed by atoms with E-state index in [4.69, 9.17) is 5.73 Å². The van der Waals surface area contributed by atoms with Gasteiger partial charge in [0.25, 0.3) is 0 Å². The highest BCUT2D eigenvalue weighted by Gasteiger charge is 2.15. The molecule has 5 nitrogen and oxygen atoms in total. The molecule has 4 N–H and O–H groups in total. The first-order valence-electron chi connectivity index (χ1n) is 9.64. The lowest BCUT2D eigenvalue weighted by Crippen LogP contribution is -2.33. The van der Waals surface area contributed by atoms with Gasteiger partial charge in [-0.25, -0.2) is 13.8 Å². The maximum absolute atomic E-state index is 13.7. The van der Waals surface area contributed by atoms with Crippen LogP contribution in [0.1, 0.15) is 35.6 Å². The summed E-state index contributed by atoms with van der Waals surface area (Å²) < 4.78 is 27.0. The highest BCUT2D eigenvalue weighted by atomic mass is 19.1. The number of nitrogens with zero attached hydrogens (tertiary/aromatic N) is 2. The van der Waals surface area contributed by atoms with Crippen molar-refractivity contribution in [3.8, 4) is 0 Å². The lowest BCUT2D eigenvalue weighted by Gasteiger charge is -2.19. The van der Waals surface area contributed by atoms with Crippen LogP contribution in [0.2, 0.25) is 0 Å². The van der Waals surface area contributed by atoms with E-state index in [2.05, 4.69) is 20.3 Å². The van der Waals surface area contributed by atoms with Crippen molar-refractivity contribution in [1.29, 1.82) is 0 Å². The summed E-state index contributed by atoms with van der Waals surface area (Å²) in [6, 6.07) is 12.8. The zero-order valence-corrected chi connectivity index (χ0v) is 16.1. The first-order valence-corrected chi connectivity index (χ1v) is 9.64. The first-order chi connectivity index (χ1) is 14.1. The molecule has 0 aliphatic carbocycles. The van der Waals surface area contributed by atoms with Gasteiger partial charge in [0.1, 0.15) is 11.6 Å². The van der Waals surface area contributed by atoms with Crippen LogP contribution < -0.4 is 11.1 Å². The van der Waals surface area contributed by atoms with Crippen LogP contribution in [0, 0.1) is 11.6 Å². The van der Waals surface area contributed by atoms with Gasteiger partial charge in [-0.05, 0) is 54.7 Å². The number of hydrogen-bond donors (Lipinski definition) is 3. The average molecular weight is 397 g/mol. The van der Waals surface area contributed by atoms with Crippen LogP contribution in [-0.2, 0) is 6.42 Å². The monoisotopic (exact) mass is 397 g/mol. The number of aromatic nitrogens is 2. The van der Waals surface area contributed by atoms with Crippen molar-refractivity contribution >= 4 is 5.96 Å². The van der Waals surface area contributed by atoms with Crippen LogP contribution in [0.15, 0.2) is 66.0 Å². The van der Waals surface area contributed by atoms with E-state index in [-0.39, 0.29) is 17.6 Å². The molecule has 0 saturated heterocycles. The second-order valence-electron chi connectivity index (χ2n) is 6.82. The van der Waals surface area contributed by atoms with Gasteiger partial charge in [0, 0.05) is 30.9 Å². The third-order valence-corrected chi connectivity index (χ3v) is 4.70. The topological polar surface area (TPSA) is 79.1 Å². The Balaban J connectivity index is 1.55. The molecule has 3 rings (SSSR count). The van der Waals surface area contributed by atoms with E-state index in [9.17, 15) is 8.78 Å². The molecule has 0 amide bonds. The third kappa shape index (κ3) is 6.41. The molecule has 0 bridgehead atoms. The van der Waals surface area contributed by atoms with E-state index in [1.165, 1.54) is 24.3 Å². The second-order valence-corrected chi connectivity index (χ2v) is 6.82. The molecule has 0 aliphatic rings. The molecule has 0 fully saturated rings. The molecule has 1 unspecified atom stereocenters. The summed E-state index contributed by atoms with van der Waals surface area (Å²) in [5.41, 5.74) is 8.79. The molecule has 0 saturated carbocycles. The molecule has 1 heterocycles. The van der Waals surface area contributed by atoms with Crippen LogP contribution in [0.4, 0.5) is 8.78 Å². The largest absolute Gasteiger partial charge is 0.370 e. The zero-order chi connectivity index (χ0) is 20.5. The van der Waals surface area contributed by atoms with E-state index >= 15 is 0 Å². The number of nitrogens with two attached hydrogens (primary N) is 1. The Hall–Kier alpha value is -3.22. The van der Waals surface area contributed by atoms with Gasteiger partial charge >= 0.3 is 0 Å². The summed E-state index contributed by atoms with van der Waals surface area (Å²) in [5.74, 6) is -0.282. The van der Waals surface area contributed by atoms with Gasteiger partial charge in [0.15, 0.2) is 5.96 Å². The molecular weight excluding hydrogens is 372 g/mol. The standard InChI is InChI=1S/C22H25F2N5/c23-18-8-6-16(7-9-18)21(17-3-1-4-19(24)13-17)10-12-28-22(25)27-11-2-5-20-14-26-15-29-20/h1,3-4,6-9,13-15,21H,2,5,10-12H2,(H,26,29)(H3,25,27,28). The number of halogens is 2. The summed E-state index contributed by atoms with van der Waals surface area (Å²) in [6.07, 6.45) is 5.85. The number of aryl methyl sites for hydroxylation is 1. The van der Waals surface area contributed by atoms with E-state index in [1.54, 1.807) is 30.7 Å². The van der Waals surface area contributed by atoms with Gasteiger partial charge < -0.3 is 16.0 Å². The minimum atomic E-state index is -0.295. The lowest BCUT2D eigenvalue weighted by atomic mass is 9.88. The average Bonchev–Trinajstić information content (AvgIpc) is 3.23. The van der Waals surface area contributed by atoms with E-state index < -0.39 is 0 Å². The van der Waals surface area contributed by atoms with E-state index in [1.807, 2.05) is 6.07 Å². The van der Waals surface area contributed by atoms with Crippen LogP contribution >= 0.6 is 0 Å². The number of imidazole rings is 1. The number of aromatic amines is 1. The van der Waals surface area contributed by atoms with Crippen LogP contribution in [0.25, 0.3) is 0 Å². The summed E-state index contributed by atoms with van der Waals surface area (Å²) >= 11 is 0. The summed E-state index contributed by atoms with van der Waals surface area (Å²) in [6.45, 7) is 1.18. The van der Waals surface area contributed by atoms with Gasteiger partial charge in [-0.3, -0.25) is 4.99 Å². The van der Waals surface area contributed by atoms with Gasteiger partial charge in [0.2, 0.25) is 0 Å². The fourth-order valence-corrected chi connectivity index (χ4v) is 3.24. The van der Waals surface area contributed by atoms with Crippen molar-refractivity contribution in [3.05, 3.63) is 89.5 Å². The normalized spacial score (nSPS) is 12.7. The Kier molecular flexibility index (Phi) is 7.33. The smallest absolute Gasteiger partial charge is 0.188 e. The van der Waals surface area contributed by atoms with Gasteiger partial charge in [-0.15, -0.1) is 0 Å². The quantitative estimate of drug-likeness (QED) is 0.292. The highest BCUT2D eigenvalue weighted by Crippen LogP contribution is 2.28. The molecule has 7 heteroatoms. The predicted molar refractivity (Wildman–Crippen MR) is 111 cm³/mol. The molecule has 0 aliphatic heterocycles. The maximum Gasteiger partial charge on any atom is 0.188 e. The van der Waals surface area contributed by atoms with Gasteiger partial charge in [-0.2, -0.15) is 0 Å². The number of rotatable bonds is 9. The van der Waals surface area contributed by atoms with Crippen molar-refractivity contribution in [2.24, 2.45) is 10.7 Å². The molecule has 0 spiro atoms. The van der Waals surface area contributed by atoms with Crippen molar-refractivity contribution in [3.63, 3.8) is 0 Å². The molecule has 2 aromatic carbocycles. The Morgan fingerprint density at radius 2 is 1.93 bits per heavy atom. The molecule has 29 heavy (non-hydrogen) atoms. The Bertz CT molecular complexity index is 907. The molecule has 152 valence electrons. The number of H-pyrrole nitrogens is 1. The minimum Gasteiger partial charge on any atom is -0.370 e. The third-order valence-electron chi connectivity index (χ3n) is 4.70. The molecule has 3 aromatic rings. The second kappa shape index (κ2) is 10.4. The fourth-order valence-electron chi connectivity index (χ4n) is 3.24. The lowest BCUT2D eigenvalue weighted by molar-refractivity contribution is 0.615. The van der Waals surface area contributed by atoms with E-state index in [0.29, 0.717) is 25.5 Å². The van der Waals surface area contributed by atoms with Crippen molar-refractivity contribution in [1.82, 2.24) is 15.3 Å². The Morgan fingerprint density at radius 3 is 2.66 bits per heavy atom. The van der Waals surface area contributed by atoms with Crippen LogP contribution in [-0.4, -0.2) is 29.0 Å². The van der Waals surface area contributed by atoms with Crippen LogP contribution in [0.3, 0.4) is 0 Å². The summed E-state index contributed by atoms with van der Waals surface area (Å²) in [4.78, 5) is 11.4. The molecule has 1 atom stereocenters. The number of hydrogen-bond acceptors (Lipinski definition) is 2. The first kappa shape index (κ1) is 20.5. The molecular formula is C22H25F2N5. The number of nitrogens with one attached hydrogen (secondary N) is 2. The summed E-state index contributed by atoms with van der Waals surface area (Å²) in [7, 11) is 0. The Labute approximate surface area is 169 Å². The van der Waals surface area contributed by atoms with Crippen molar-refractivity contribution in [2.75, 3.05) is 13.1 Å². The summed E-state index contributed by atoms with van der Waals surface area (Å²) in [5, 5.41) is 3.11. The van der Waals surface area contributed by atoms with Crippen molar-refractivity contribution < 1.29 is 8.78 Å². The Morgan fingerprint density at radius 1 is 1.10 bits per heavy atom. The highest BCUT2D eigenvalue weighted by molar-refractivity contribution is 5.77. The number of guanidine groups is 1. The minimum absolute atomic E-state index is 0.0769. The number of benzene rings is 2. The molecule has 0 radical (unpaired) electrons. The van der Waals surface area contributed by atoms with Crippen LogP contribution in [0.5, 0.6) is 0 Å². The zero-order valence-electron chi connectivity index (χ0n) is 16.1. The van der Waals surface area contributed by atoms with Gasteiger partial charge in [0.05, 0.1) is 6.33 Å². The van der Waals surface area contributed by atoms with Crippen molar-refractivity contribution in [2.45, 2.75) is 25.2 Å². The predicted octanol–water partition coefficient (Wildman–Crippen LogP) is 3.75. The number of aliphatic imine (C=N–C) groups is 1. The maximum atomic E-state index is 13.7.